The van der Waals surface area contributed by atoms with E-state index in [-0.39, 0.29) is 5.91 Å². The summed E-state index contributed by atoms with van der Waals surface area (Å²) >= 11 is 0. The van der Waals surface area contributed by atoms with Crippen molar-refractivity contribution in [1.82, 2.24) is 4.90 Å². The van der Waals surface area contributed by atoms with Crippen molar-refractivity contribution in [1.29, 1.82) is 0 Å². The van der Waals surface area contributed by atoms with E-state index in [1.54, 1.807) is 0 Å². The Morgan fingerprint density at radius 3 is 2.29 bits per heavy atom. The van der Waals surface area contributed by atoms with Crippen molar-refractivity contribution in [3.8, 4) is 0 Å². The highest BCUT2D eigenvalue weighted by Gasteiger charge is 2.40. The molecule has 1 aliphatic heterocycles. The molecule has 2 fully saturated rings. The average molecular weight is 229 g/mol. The largest absolute Gasteiger partial charge is 0.338 e. The molecular weight excluding hydrogens is 210 g/mol. The molecular formula is C15H19NO. The van der Waals surface area contributed by atoms with Crippen molar-refractivity contribution in [2.24, 2.45) is 17.8 Å². The second kappa shape index (κ2) is 4.17. The Balaban J connectivity index is 1.70. The summed E-state index contributed by atoms with van der Waals surface area (Å²) < 4.78 is 0. The third-order valence-corrected chi connectivity index (χ3v) is 4.29. The molecule has 1 aliphatic carbocycles. The lowest BCUT2D eigenvalue weighted by atomic mass is 10.0. The minimum atomic E-state index is 0.215. The smallest absolute Gasteiger partial charge is 0.253 e. The van der Waals surface area contributed by atoms with E-state index in [4.69, 9.17) is 0 Å². The Labute approximate surface area is 103 Å². The maximum absolute atomic E-state index is 12.3. The van der Waals surface area contributed by atoms with Gasteiger partial charge in [0.1, 0.15) is 0 Å². The van der Waals surface area contributed by atoms with E-state index in [0.717, 1.165) is 36.4 Å². The summed E-state index contributed by atoms with van der Waals surface area (Å²) in [5.41, 5.74) is 0.834. The molecule has 1 aromatic carbocycles. The fourth-order valence-electron chi connectivity index (χ4n) is 3.53. The van der Waals surface area contributed by atoms with E-state index in [1.165, 1.54) is 12.8 Å². The molecule has 1 aromatic rings. The van der Waals surface area contributed by atoms with Gasteiger partial charge < -0.3 is 4.90 Å². The monoisotopic (exact) mass is 229 g/mol. The van der Waals surface area contributed by atoms with Crippen molar-refractivity contribution >= 4 is 5.91 Å². The number of carbonyl (C=O) groups excluding carboxylic acids is 1. The molecule has 1 heterocycles. The van der Waals surface area contributed by atoms with Crippen LogP contribution in [0.1, 0.15) is 30.1 Å². The molecule has 0 N–H and O–H groups in total. The zero-order valence-electron chi connectivity index (χ0n) is 10.3. The van der Waals surface area contributed by atoms with Gasteiger partial charge in [-0.2, -0.15) is 0 Å². The SMILES string of the molecule is CC1CC2CN(C(=O)c3ccccc3)CC2C1. The molecule has 1 saturated carbocycles. The standard InChI is InChI=1S/C15H19NO/c1-11-7-13-9-16(10-14(13)8-11)15(17)12-5-3-2-4-6-12/h2-6,11,13-14H,7-10H2,1H3. The molecule has 1 amide bonds. The van der Waals surface area contributed by atoms with Gasteiger partial charge in [0.15, 0.2) is 0 Å². The van der Waals surface area contributed by atoms with E-state index in [0.29, 0.717) is 0 Å². The van der Waals surface area contributed by atoms with Gasteiger partial charge >= 0.3 is 0 Å². The van der Waals surface area contributed by atoms with Crippen LogP contribution in [0.5, 0.6) is 0 Å². The van der Waals surface area contributed by atoms with Crippen molar-refractivity contribution in [2.45, 2.75) is 19.8 Å². The summed E-state index contributed by atoms with van der Waals surface area (Å²) in [6.45, 7) is 4.28. The van der Waals surface area contributed by atoms with Gasteiger partial charge in [-0.05, 0) is 42.7 Å². The lowest BCUT2D eigenvalue weighted by Crippen LogP contribution is -2.29. The van der Waals surface area contributed by atoms with Crippen LogP contribution in [-0.4, -0.2) is 23.9 Å². The molecule has 90 valence electrons. The number of benzene rings is 1. The minimum Gasteiger partial charge on any atom is -0.338 e. The maximum Gasteiger partial charge on any atom is 0.253 e. The Kier molecular flexibility index (Phi) is 2.65. The highest BCUT2D eigenvalue weighted by Crippen LogP contribution is 2.41. The van der Waals surface area contributed by atoms with Crippen molar-refractivity contribution in [3.63, 3.8) is 0 Å². The van der Waals surface area contributed by atoms with Crippen molar-refractivity contribution in [3.05, 3.63) is 35.9 Å². The van der Waals surface area contributed by atoms with Crippen LogP contribution in [0.25, 0.3) is 0 Å². The first-order chi connectivity index (χ1) is 8.24. The number of amides is 1. The van der Waals surface area contributed by atoms with Crippen LogP contribution in [0.4, 0.5) is 0 Å². The first-order valence-electron chi connectivity index (χ1n) is 6.58. The predicted molar refractivity (Wildman–Crippen MR) is 67.7 cm³/mol. The van der Waals surface area contributed by atoms with Gasteiger partial charge in [-0.1, -0.05) is 25.1 Å². The van der Waals surface area contributed by atoms with Gasteiger partial charge in [0, 0.05) is 18.7 Å². The fourth-order valence-corrected chi connectivity index (χ4v) is 3.53. The minimum absolute atomic E-state index is 0.215. The van der Waals surface area contributed by atoms with Gasteiger partial charge in [0.2, 0.25) is 0 Å². The lowest BCUT2D eigenvalue weighted by Gasteiger charge is -2.18. The molecule has 2 atom stereocenters. The molecule has 1 saturated heterocycles. The van der Waals surface area contributed by atoms with Gasteiger partial charge in [-0.25, -0.2) is 0 Å². The van der Waals surface area contributed by atoms with Crippen molar-refractivity contribution < 1.29 is 4.79 Å². The molecule has 2 nitrogen and oxygen atoms in total. The second-order valence-corrected chi connectivity index (χ2v) is 5.67. The Bertz CT molecular complexity index is 400. The first kappa shape index (κ1) is 10.8. The average Bonchev–Trinajstić information content (AvgIpc) is 2.86. The Hall–Kier alpha value is -1.31. The van der Waals surface area contributed by atoms with Crippen LogP contribution in [0.15, 0.2) is 30.3 Å². The summed E-state index contributed by atoms with van der Waals surface area (Å²) in [5.74, 6) is 2.60. The molecule has 0 spiro atoms. The second-order valence-electron chi connectivity index (χ2n) is 5.67. The van der Waals surface area contributed by atoms with Crippen molar-refractivity contribution in [2.75, 3.05) is 13.1 Å². The summed E-state index contributed by atoms with van der Waals surface area (Å²) in [5, 5.41) is 0. The summed E-state index contributed by atoms with van der Waals surface area (Å²) in [4.78, 5) is 14.3. The molecule has 0 aromatic heterocycles. The molecule has 17 heavy (non-hydrogen) atoms. The summed E-state index contributed by atoms with van der Waals surface area (Å²) in [6, 6.07) is 9.66. The van der Waals surface area contributed by atoms with Gasteiger partial charge in [0.25, 0.3) is 5.91 Å². The highest BCUT2D eigenvalue weighted by molar-refractivity contribution is 5.94. The quantitative estimate of drug-likeness (QED) is 0.725. The third-order valence-electron chi connectivity index (χ3n) is 4.29. The summed E-state index contributed by atoms with van der Waals surface area (Å²) in [6.07, 6.45) is 2.62. The van der Waals surface area contributed by atoms with E-state index >= 15 is 0 Å². The van der Waals surface area contributed by atoms with Crippen LogP contribution in [0, 0.1) is 17.8 Å². The zero-order chi connectivity index (χ0) is 11.8. The van der Waals surface area contributed by atoms with Crippen LogP contribution in [0.2, 0.25) is 0 Å². The predicted octanol–water partition coefficient (Wildman–Crippen LogP) is 2.80. The number of likely N-dealkylation sites (tertiary alicyclic amines) is 1. The van der Waals surface area contributed by atoms with Crippen LogP contribution < -0.4 is 0 Å². The highest BCUT2D eigenvalue weighted by atomic mass is 16.2. The van der Waals surface area contributed by atoms with E-state index in [2.05, 4.69) is 11.8 Å². The number of fused-ring (bicyclic) bond motifs is 1. The fraction of sp³-hybridized carbons (Fsp3) is 0.533. The van der Waals surface area contributed by atoms with Crippen LogP contribution in [0.3, 0.4) is 0 Å². The molecule has 3 rings (SSSR count). The Morgan fingerprint density at radius 1 is 1.12 bits per heavy atom. The molecule has 0 bridgehead atoms. The molecule has 0 radical (unpaired) electrons. The molecule has 2 aliphatic rings. The molecule has 2 heteroatoms. The van der Waals surface area contributed by atoms with E-state index in [9.17, 15) is 4.79 Å². The van der Waals surface area contributed by atoms with Gasteiger partial charge in [0.05, 0.1) is 0 Å². The van der Waals surface area contributed by atoms with E-state index in [1.807, 2.05) is 30.3 Å². The lowest BCUT2D eigenvalue weighted by molar-refractivity contribution is 0.0778. The number of nitrogens with zero attached hydrogens (tertiary/aromatic N) is 1. The topological polar surface area (TPSA) is 20.3 Å². The Morgan fingerprint density at radius 2 is 1.71 bits per heavy atom. The third kappa shape index (κ3) is 1.97. The number of rotatable bonds is 1. The zero-order valence-corrected chi connectivity index (χ0v) is 10.3. The van der Waals surface area contributed by atoms with Gasteiger partial charge in [-0.15, -0.1) is 0 Å². The van der Waals surface area contributed by atoms with Gasteiger partial charge in [-0.3, -0.25) is 4.79 Å². The maximum atomic E-state index is 12.3. The van der Waals surface area contributed by atoms with Crippen LogP contribution in [-0.2, 0) is 0 Å². The normalized spacial score (nSPS) is 31.6. The van der Waals surface area contributed by atoms with Crippen LogP contribution >= 0.6 is 0 Å². The first-order valence-corrected chi connectivity index (χ1v) is 6.58. The number of hydrogen-bond donors (Lipinski definition) is 0. The number of hydrogen-bond acceptors (Lipinski definition) is 1. The summed E-state index contributed by atoms with van der Waals surface area (Å²) in [7, 11) is 0. The van der Waals surface area contributed by atoms with E-state index < -0.39 is 0 Å². The number of carbonyl (C=O) groups is 1. The molecule has 2 unspecified atom stereocenters.